The number of esters is 1. The van der Waals surface area contributed by atoms with Crippen molar-refractivity contribution in [2.24, 2.45) is 0 Å². The van der Waals surface area contributed by atoms with Gasteiger partial charge < -0.3 is 9.26 Å². The van der Waals surface area contributed by atoms with E-state index in [-0.39, 0.29) is 17.9 Å². The van der Waals surface area contributed by atoms with E-state index in [9.17, 15) is 13.6 Å². The molecule has 1 heterocycles. The third-order valence-electron chi connectivity index (χ3n) is 4.12. The van der Waals surface area contributed by atoms with Gasteiger partial charge in [-0.15, -0.1) is 0 Å². The molecule has 0 fully saturated rings. The van der Waals surface area contributed by atoms with Gasteiger partial charge in [-0.25, -0.2) is 13.6 Å². The molecule has 0 atom stereocenters. The van der Waals surface area contributed by atoms with E-state index in [0.29, 0.717) is 11.3 Å². The van der Waals surface area contributed by atoms with Crippen LogP contribution in [0.2, 0.25) is 0 Å². The van der Waals surface area contributed by atoms with E-state index in [4.69, 9.17) is 9.26 Å². The smallest absolute Gasteiger partial charge is 0.339 e. The minimum absolute atomic E-state index is 0.0792. The number of carbonyl (C=O) groups is 1. The topological polar surface area (TPSA) is 52.3 Å². The van der Waals surface area contributed by atoms with Gasteiger partial charge in [0.05, 0.1) is 11.1 Å². The van der Waals surface area contributed by atoms with Crippen LogP contribution < -0.4 is 0 Å². The summed E-state index contributed by atoms with van der Waals surface area (Å²) in [5.41, 5.74) is 0.847. The highest BCUT2D eigenvalue weighted by Gasteiger charge is 2.15. The van der Waals surface area contributed by atoms with Crippen LogP contribution >= 0.6 is 0 Å². The zero-order valence-corrected chi connectivity index (χ0v) is 14.0. The highest BCUT2D eigenvalue weighted by atomic mass is 19.1. The van der Waals surface area contributed by atoms with Gasteiger partial charge in [-0.1, -0.05) is 41.6 Å². The van der Waals surface area contributed by atoms with Gasteiger partial charge in [-0.05, 0) is 29.0 Å². The normalized spacial score (nSPS) is 10.9. The first-order chi connectivity index (χ1) is 13.1. The molecule has 0 unspecified atom stereocenters. The molecule has 0 saturated heterocycles. The zero-order chi connectivity index (χ0) is 18.8. The predicted molar refractivity (Wildman–Crippen MR) is 94.9 cm³/mol. The largest absolute Gasteiger partial charge is 0.455 e. The van der Waals surface area contributed by atoms with Crippen molar-refractivity contribution in [3.05, 3.63) is 89.6 Å². The molecule has 27 heavy (non-hydrogen) atoms. The molecule has 134 valence electrons. The first-order valence-electron chi connectivity index (χ1n) is 8.18. The molecule has 0 spiro atoms. The summed E-state index contributed by atoms with van der Waals surface area (Å²) in [7, 11) is 0. The number of hydrogen-bond donors (Lipinski definition) is 0. The minimum Gasteiger partial charge on any atom is -0.455 e. The quantitative estimate of drug-likeness (QED) is 0.471. The molecule has 0 amide bonds. The lowest BCUT2D eigenvalue weighted by Crippen LogP contribution is -2.06. The van der Waals surface area contributed by atoms with Crippen LogP contribution in [0.15, 0.2) is 71.3 Å². The summed E-state index contributed by atoms with van der Waals surface area (Å²) in [6.45, 7) is -0.131. The molecule has 4 aromatic rings. The maximum absolute atomic E-state index is 13.8. The highest BCUT2D eigenvalue weighted by molar-refractivity contribution is 6.04. The van der Waals surface area contributed by atoms with Crippen molar-refractivity contribution in [1.82, 2.24) is 5.16 Å². The summed E-state index contributed by atoms with van der Waals surface area (Å²) in [5, 5.41) is 5.50. The summed E-state index contributed by atoms with van der Waals surface area (Å²) in [6.07, 6.45) is 0. The van der Waals surface area contributed by atoms with Crippen molar-refractivity contribution >= 4 is 16.7 Å². The van der Waals surface area contributed by atoms with Gasteiger partial charge in [0, 0.05) is 12.1 Å². The maximum atomic E-state index is 13.8. The lowest BCUT2D eigenvalue weighted by molar-refractivity contribution is 0.0466. The fourth-order valence-corrected chi connectivity index (χ4v) is 2.82. The van der Waals surface area contributed by atoms with E-state index < -0.39 is 17.6 Å². The molecule has 0 bridgehead atoms. The second kappa shape index (κ2) is 6.99. The van der Waals surface area contributed by atoms with Crippen LogP contribution in [0.25, 0.3) is 22.1 Å². The van der Waals surface area contributed by atoms with Crippen molar-refractivity contribution in [2.45, 2.75) is 6.61 Å². The van der Waals surface area contributed by atoms with Crippen LogP contribution in [0.1, 0.15) is 16.1 Å². The molecule has 4 rings (SSSR count). The lowest BCUT2D eigenvalue weighted by Gasteiger charge is -2.06. The molecule has 3 aromatic carbocycles. The number of aromatic nitrogens is 1. The Hall–Kier alpha value is -3.54. The third-order valence-corrected chi connectivity index (χ3v) is 4.12. The fraction of sp³-hybridized carbons (Fsp3) is 0.0476. The van der Waals surface area contributed by atoms with E-state index >= 15 is 0 Å². The molecule has 4 nitrogen and oxygen atoms in total. The van der Waals surface area contributed by atoms with Crippen molar-refractivity contribution in [2.75, 3.05) is 0 Å². The number of rotatable bonds is 4. The number of benzene rings is 3. The Balaban J connectivity index is 1.51. The zero-order valence-electron chi connectivity index (χ0n) is 14.0. The Bertz CT molecular complexity index is 1130. The number of fused-ring (bicyclic) bond motifs is 1. The van der Waals surface area contributed by atoms with Gasteiger partial charge in [0.1, 0.15) is 23.9 Å². The van der Waals surface area contributed by atoms with Crippen LogP contribution in [0.5, 0.6) is 0 Å². The van der Waals surface area contributed by atoms with Crippen molar-refractivity contribution in [1.29, 1.82) is 0 Å². The molecule has 0 aliphatic carbocycles. The molecular weight excluding hydrogens is 352 g/mol. The van der Waals surface area contributed by atoms with Crippen LogP contribution in [-0.4, -0.2) is 11.1 Å². The Morgan fingerprint density at radius 2 is 1.81 bits per heavy atom. The van der Waals surface area contributed by atoms with Crippen LogP contribution in [0, 0.1) is 11.6 Å². The number of carbonyl (C=O) groups excluding carboxylic acids is 1. The highest BCUT2D eigenvalue weighted by Crippen LogP contribution is 2.25. The third kappa shape index (κ3) is 3.42. The van der Waals surface area contributed by atoms with Gasteiger partial charge in [0.15, 0.2) is 5.76 Å². The van der Waals surface area contributed by atoms with E-state index in [1.54, 1.807) is 12.1 Å². The number of ether oxygens (including phenoxy) is 1. The van der Waals surface area contributed by atoms with Gasteiger partial charge in [0.2, 0.25) is 0 Å². The molecule has 1 aromatic heterocycles. The Labute approximate surface area is 153 Å². The average molecular weight is 365 g/mol. The molecule has 0 N–H and O–H groups in total. The molecule has 0 aliphatic rings. The van der Waals surface area contributed by atoms with Crippen molar-refractivity contribution in [3.63, 3.8) is 0 Å². The predicted octanol–water partition coefficient (Wildman–Crippen LogP) is 5.13. The number of halogens is 2. The second-order valence-electron chi connectivity index (χ2n) is 5.91. The summed E-state index contributed by atoms with van der Waals surface area (Å²) in [5.74, 6) is -1.81. The molecule has 0 saturated carbocycles. The van der Waals surface area contributed by atoms with Crippen LogP contribution in [-0.2, 0) is 11.3 Å². The molecule has 0 radical (unpaired) electrons. The Morgan fingerprint density at radius 3 is 2.67 bits per heavy atom. The monoisotopic (exact) mass is 365 g/mol. The first-order valence-corrected chi connectivity index (χ1v) is 8.18. The van der Waals surface area contributed by atoms with E-state index in [1.165, 1.54) is 12.1 Å². The van der Waals surface area contributed by atoms with Gasteiger partial charge in [-0.3, -0.25) is 0 Å². The van der Waals surface area contributed by atoms with E-state index in [0.717, 1.165) is 22.9 Å². The Kier molecular flexibility index (Phi) is 4.38. The summed E-state index contributed by atoms with van der Waals surface area (Å²) in [4.78, 5) is 12.4. The van der Waals surface area contributed by atoms with Gasteiger partial charge in [0.25, 0.3) is 0 Å². The fourth-order valence-electron chi connectivity index (χ4n) is 2.82. The van der Waals surface area contributed by atoms with Crippen molar-refractivity contribution in [3.8, 4) is 11.3 Å². The molecule has 0 aliphatic heterocycles. The van der Waals surface area contributed by atoms with Gasteiger partial charge in [-0.2, -0.15) is 0 Å². The lowest BCUT2D eigenvalue weighted by atomic mass is 10.1. The summed E-state index contributed by atoms with van der Waals surface area (Å²) < 4.78 is 37.2. The Morgan fingerprint density at radius 1 is 1.00 bits per heavy atom. The van der Waals surface area contributed by atoms with E-state index in [2.05, 4.69) is 5.16 Å². The minimum atomic E-state index is -0.759. The number of nitrogens with zero attached hydrogens (tertiary/aromatic N) is 1. The van der Waals surface area contributed by atoms with Crippen LogP contribution in [0.3, 0.4) is 0 Å². The van der Waals surface area contributed by atoms with Gasteiger partial charge >= 0.3 is 5.97 Å². The van der Waals surface area contributed by atoms with Crippen LogP contribution in [0.4, 0.5) is 8.78 Å². The van der Waals surface area contributed by atoms with E-state index in [1.807, 2.05) is 30.3 Å². The average Bonchev–Trinajstić information content (AvgIpc) is 3.14. The molecule has 6 heteroatoms. The number of hydrogen-bond acceptors (Lipinski definition) is 4. The SMILES string of the molecule is O=C(OCc1cc(-c2ccc(F)cc2F)on1)c1cccc2ccccc12. The maximum Gasteiger partial charge on any atom is 0.339 e. The second-order valence-corrected chi connectivity index (χ2v) is 5.91. The summed E-state index contributed by atoms with van der Waals surface area (Å²) >= 11 is 0. The standard InChI is InChI=1S/C21H13F2NO3/c22-14-8-9-18(19(23)10-14)20-11-15(24-27-20)12-26-21(25)17-7-3-5-13-4-1-2-6-16(13)17/h1-11H,12H2. The summed E-state index contributed by atoms with van der Waals surface area (Å²) in [6, 6.07) is 17.5. The first kappa shape index (κ1) is 16.9. The molecular formula is C21H13F2NO3. The van der Waals surface area contributed by atoms with Crippen molar-refractivity contribution < 1.29 is 22.8 Å².